The third-order valence-corrected chi connectivity index (χ3v) is 2.11. The molecule has 0 atom stereocenters. The fourth-order valence-corrected chi connectivity index (χ4v) is 1.32. The largest absolute Gasteiger partial charge is 0.325 e. The zero-order valence-corrected chi connectivity index (χ0v) is 9.92. The van der Waals surface area contributed by atoms with Gasteiger partial charge in [0.15, 0.2) is 0 Å². The van der Waals surface area contributed by atoms with E-state index < -0.39 is 17.8 Å². The van der Waals surface area contributed by atoms with Crippen molar-refractivity contribution in [3.8, 4) is 6.07 Å². The molecule has 3 amide bonds. The zero-order valence-electron chi connectivity index (χ0n) is 9.17. The molecule has 1 rings (SSSR count). The molecule has 0 aliphatic carbocycles. The SMILES string of the molecule is N#Cc1cc(F)ccc1NC(=O)NC(=O)CCCl. The summed E-state index contributed by atoms with van der Waals surface area (Å²) in [5.41, 5.74) is 0.0880. The fourth-order valence-electron chi connectivity index (χ4n) is 1.15. The molecule has 7 heteroatoms. The number of carbonyl (C=O) groups is 2. The van der Waals surface area contributed by atoms with E-state index in [4.69, 9.17) is 16.9 Å². The third kappa shape index (κ3) is 4.03. The molecule has 0 spiro atoms. The van der Waals surface area contributed by atoms with Crippen molar-refractivity contribution >= 4 is 29.2 Å². The summed E-state index contributed by atoms with van der Waals surface area (Å²) in [4.78, 5) is 22.4. The Morgan fingerprint density at radius 1 is 1.44 bits per heavy atom. The van der Waals surface area contributed by atoms with Gasteiger partial charge < -0.3 is 5.32 Å². The molecule has 0 heterocycles. The molecule has 0 aliphatic heterocycles. The number of rotatable bonds is 3. The van der Waals surface area contributed by atoms with Crippen LogP contribution >= 0.6 is 11.6 Å². The number of benzene rings is 1. The van der Waals surface area contributed by atoms with Gasteiger partial charge in [0.05, 0.1) is 11.3 Å². The summed E-state index contributed by atoms with van der Waals surface area (Å²) in [6.45, 7) is 0. The standard InChI is InChI=1S/C11H9ClFN3O2/c12-4-3-10(17)16-11(18)15-9-2-1-8(13)5-7(9)6-14/h1-2,5H,3-4H2,(H2,15,16,17,18). The fraction of sp³-hybridized carbons (Fsp3) is 0.182. The van der Waals surface area contributed by atoms with Gasteiger partial charge in [0.2, 0.25) is 5.91 Å². The maximum atomic E-state index is 12.8. The second kappa shape index (κ2) is 6.57. The highest BCUT2D eigenvalue weighted by atomic mass is 35.5. The number of urea groups is 1. The van der Waals surface area contributed by atoms with E-state index in [0.717, 1.165) is 12.1 Å². The maximum absolute atomic E-state index is 12.8. The molecule has 0 radical (unpaired) electrons. The minimum atomic E-state index is -0.798. The first-order valence-corrected chi connectivity index (χ1v) is 5.46. The van der Waals surface area contributed by atoms with Crippen molar-refractivity contribution in [2.24, 2.45) is 0 Å². The Hall–Kier alpha value is -2.13. The topological polar surface area (TPSA) is 82.0 Å². The number of anilines is 1. The Morgan fingerprint density at radius 2 is 2.17 bits per heavy atom. The molecule has 94 valence electrons. The van der Waals surface area contributed by atoms with Crippen LogP contribution in [0.15, 0.2) is 18.2 Å². The number of alkyl halides is 1. The van der Waals surface area contributed by atoms with Crippen LogP contribution < -0.4 is 10.6 Å². The summed E-state index contributed by atoms with van der Waals surface area (Å²) >= 11 is 5.33. The second-order valence-corrected chi connectivity index (χ2v) is 3.62. The predicted octanol–water partition coefficient (Wildman–Crippen LogP) is 1.97. The van der Waals surface area contributed by atoms with E-state index in [1.165, 1.54) is 6.07 Å². The summed E-state index contributed by atoms with van der Waals surface area (Å²) in [5, 5.41) is 13.0. The van der Waals surface area contributed by atoms with Gasteiger partial charge in [0, 0.05) is 12.3 Å². The predicted molar refractivity (Wildman–Crippen MR) is 63.6 cm³/mol. The van der Waals surface area contributed by atoms with Crippen molar-refractivity contribution < 1.29 is 14.0 Å². The van der Waals surface area contributed by atoms with Crippen LogP contribution in [0, 0.1) is 17.1 Å². The zero-order chi connectivity index (χ0) is 13.5. The smallest absolute Gasteiger partial charge is 0.306 e. The van der Waals surface area contributed by atoms with Gasteiger partial charge in [-0.2, -0.15) is 5.26 Å². The van der Waals surface area contributed by atoms with Crippen LogP contribution in [0.1, 0.15) is 12.0 Å². The molecule has 0 aliphatic rings. The van der Waals surface area contributed by atoms with Crippen molar-refractivity contribution in [2.45, 2.75) is 6.42 Å². The average molecular weight is 270 g/mol. The van der Waals surface area contributed by atoms with Crippen molar-refractivity contribution in [1.29, 1.82) is 5.26 Å². The van der Waals surface area contributed by atoms with Crippen LogP contribution in [0.5, 0.6) is 0 Å². The quantitative estimate of drug-likeness (QED) is 0.823. The molecule has 0 unspecified atom stereocenters. The van der Waals surface area contributed by atoms with Crippen LogP contribution in [0.3, 0.4) is 0 Å². The van der Waals surface area contributed by atoms with Gasteiger partial charge in [-0.1, -0.05) is 0 Å². The highest BCUT2D eigenvalue weighted by Crippen LogP contribution is 2.15. The lowest BCUT2D eigenvalue weighted by molar-refractivity contribution is -0.119. The maximum Gasteiger partial charge on any atom is 0.325 e. The van der Waals surface area contributed by atoms with Crippen LogP contribution in [0.25, 0.3) is 0 Å². The Morgan fingerprint density at radius 3 is 2.78 bits per heavy atom. The van der Waals surface area contributed by atoms with E-state index >= 15 is 0 Å². The second-order valence-electron chi connectivity index (χ2n) is 3.24. The highest BCUT2D eigenvalue weighted by Gasteiger charge is 2.10. The van der Waals surface area contributed by atoms with Gasteiger partial charge in [-0.25, -0.2) is 9.18 Å². The molecule has 5 nitrogen and oxygen atoms in total. The Kier molecular flexibility index (Phi) is 5.08. The van der Waals surface area contributed by atoms with Gasteiger partial charge in [0.1, 0.15) is 11.9 Å². The van der Waals surface area contributed by atoms with Gasteiger partial charge >= 0.3 is 6.03 Å². The number of carbonyl (C=O) groups excluding carboxylic acids is 2. The molecule has 0 bridgehead atoms. The van der Waals surface area contributed by atoms with E-state index in [9.17, 15) is 14.0 Å². The molecule has 0 fully saturated rings. The molecule has 0 saturated carbocycles. The number of imide groups is 1. The van der Waals surface area contributed by atoms with Gasteiger partial charge in [-0.15, -0.1) is 11.6 Å². The van der Waals surface area contributed by atoms with Crippen LogP contribution in [0.4, 0.5) is 14.9 Å². The Labute approximate surface area is 108 Å². The number of nitriles is 1. The number of hydrogen-bond acceptors (Lipinski definition) is 3. The van der Waals surface area contributed by atoms with Crippen LogP contribution in [-0.2, 0) is 4.79 Å². The highest BCUT2D eigenvalue weighted by molar-refractivity contribution is 6.19. The molecule has 18 heavy (non-hydrogen) atoms. The Balaban J connectivity index is 2.71. The van der Waals surface area contributed by atoms with Crippen LogP contribution in [0.2, 0.25) is 0 Å². The summed E-state index contributed by atoms with van der Waals surface area (Å²) in [7, 11) is 0. The number of amides is 3. The van der Waals surface area contributed by atoms with E-state index in [0.29, 0.717) is 0 Å². The lowest BCUT2D eigenvalue weighted by atomic mass is 10.2. The molecule has 0 saturated heterocycles. The number of hydrogen-bond donors (Lipinski definition) is 2. The van der Waals surface area contributed by atoms with Crippen LogP contribution in [-0.4, -0.2) is 17.8 Å². The lowest BCUT2D eigenvalue weighted by Crippen LogP contribution is -2.34. The number of nitrogens with zero attached hydrogens (tertiary/aromatic N) is 1. The number of halogens is 2. The first-order chi connectivity index (χ1) is 8.56. The average Bonchev–Trinajstić information content (AvgIpc) is 2.31. The molecule has 0 aromatic heterocycles. The molecule has 1 aromatic rings. The summed E-state index contributed by atoms with van der Waals surface area (Å²) in [6, 6.07) is 4.25. The van der Waals surface area contributed by atoms with Crippen molar-refractivity contribution in [2.75, 3.05) is 11.2 Å². The first-order valence-electron chi connectivity index (χ1n) is 4.93. The van der Waals surface area contributed by atoms with Crippen molar-refractivity contribution in [1.82, 2.24) is 5.32 Å². The van der Waals surface area contributed by atoms with Gasteiger partial charge in [-0.05, 0) is 18.2 Å². The number of nitrogens with one attached hydrogen (secondary N) is 2. The minimum absolute atomic E-state index is 0.00347. The van der Waals surface area contributed by atoms with Gasteiger partial charge in [0.25, 0.3) is 0 Å². The van der Waals surface area contributed by atoms with E-state index in [1.807, 2.05) is 5.32 Å². The summed E-state index contributed by atoms with van der Waals surface area (Å²) < 4.78 is 12.8. The third-order valence-electron chi connectivity index (χ3n) is 1.92. The van der Waals surface area contributed by atoms with Gasteiger partial charge in [-0.3, -0.25) is 10.1 Å². The normalized spacial score (nSPS) is 9.39. The van der Waals surface area contributed by atoms with E-state index in [2.05, 4.69) is 5.32 Å². The molecule has 2 N–H and O–H groups in total. The minimum Gasteiger partial charge on any atom is -0.306 e. The van der Waals surface area contributed by atoms with E-state index in [1.54, 1.807) is 6.07 Å². The molecular weight excluding hydrogens is 261 g/mol. The Bertz CT molecular complexity index is 514. The lowest BCUT2D eigenvalue weighted by Gasteiger charge is -2.07. The van der Waals surface area contributed by atoms with Crippen molar-refractivity contribution in [3.05, 3.63) is 29.6 Å². The molecule has 1 aromatic carbocycles. The first kappa shape index (κ1) is 13.9. The molecular formula is C11H9ClFN3O2. The summed E-state index contributed by atoms with van der Waals surface area (Å²) in [5.74, 6) is -1.03. The van der Waals surface area contributed by atoms with Crippen molar-refractivity contribution in [3.63, 3.8) is 0 Å². The van der Waals surface area contributed by atoms with E-state index in [-0.39, 0.29) is 23.6 Å². The summed E-state index contributed by atoms with van der Waals surface area (Å²) in [6.07, 6.45) is 0.00347. The monoisotopic (exact) mass is 269 g/mol.